The zero-order valence-corrected chi connectivity index (χ0v) is 8.03. The second kappa shape index (κ2) is 4.62. The molecule has 74 valence electrons. The molecule has 0 atom stereocenters. The summed E-state index contributed by atoms with van der Waals surface area (Å²) in [6, 6.07) is 6.34. The number of aliphatic imine (C=N–C) groups is 1. The van der Waals surface area contributed by atoms with Crippen LogP contribution in [0.5, 0.6) is 0 Å². The molecule has 0 bridgehead atoms. The minimum absolute atomic E-state index is 0.0773. The molecule has 0 saturated heterocycles. The molecular formula is C9H9ClN2O2. The second-order valence-corrected chi connectivity index (χ2v) is 2.83. The van der Waals surface area contributed by atoms with E-state index < -0.39 is 5.97 Å². The molecule has 1 aromatic rings. The Labute approximate surface area is 86.0 Å². The van der Waals surface area contributed by atoms with Gasteiger partial charge in [-0.2, -0.15) is 0 Å². The number of amidine groups is 1. The fourth-order valence-corrected chi connectivity index (χ4v) is 0.996. The lowest BCUT2D eigenvalue weighted by Gasteiger charge is -2.00. The maximum atomic E-state index is 10.7. The van der Waals surface area contributed by atoms with Gasteiger partial charge in [-0.25, -0.2) is 9.79 Å². The number of benzene rings is 1. The number of nitrogens with two attached hydrogens (primary N) is 1. The molecule has 0 heterocycles. The molecule has 0 aliphatic rings. The fourth-order valence-electron chi connectivity index (χ4n) is 0.937. The smallest absolute Gasteiger partial charge is 0.337 e. The molecule has 14 heavy (non-hydrogen) atoms. The van der Waals surface area contributed by atoms with E-state index in [0.29, 0.717) is 5.69 Å². The number of hydrogen-bond acceptors (Lipinski definition) is 2. The van der Waals surface area contributed by atoms with Gasteiger partial charge < -0.3 is 10.8 Å². The predicted octanol–water partition coefficient (Wildman–Crippen LogP) is 1.61. The monoisotopic (exact) mass is 212 g/mol. The van der Waals surface area contributed by atoms with E-state index in [1.54, 1.807) is 18.2 Å². The molecule has 0 spiro atoms. The molecule has 0 aliphatic carbocycles. The SMILES string of the molecule is NC(CCl)=Nc1ccccc1C(=O)O. The van der Waals surface area contributed by atoms with E-state index in [2.05, 4.69) is 4.99 Å². The van der Waals surface area contributed by atoms with E-state index >= 15 is 0 Å². The number of carboxylic acid groups (broad SMARTS) is 1. The molecule has 5 heteroatoms. The summed E-state index contributed by atoms with van der Waals surface area (Å²) >= 11 is 5.43. The van der Waals surface area contributed by atoms with Gasteiger partial charge in [0.2, 0.25) is 0 Å². The maximum Gasteiger partial charge on any atom is 0.337 e. The Balaban J connectivity index is 3.14. The van der Waals surface area contributed by atoms with Gasteiger partial charge in [-0.15, -0.1) is 11.6 Å². The van der Waals surface area contributed by atoms with Crippen LogP contribution in [0.1, 0.15) is 10.4 Å². The summed E-state index contributed by atoms with van der Waals surface area (Å²) in [6.07, 6.45) is 0. The Morgan fingerprint density at radius 1 is 1.50 bits per heavy atom. The summed E-state index contributed by atoms with van der Waals surface area (Å²) in [5.41, 5.74) is 5.83. The number of aromatic carboxylic acids is 1. The molecule has 0 saturated carbocycles. The average molecular weight is 213 g/mol. The molecule has 0 aromatic heterocycles. The molecule has 0 aliphatic heterocycles. The van der Waals surface area contributed by atoms with Crippen molar-refractivity contribution in [3.8, 4) is 0 Å². The number of nitrogens with zero attached hydrogens (tertiary/aromatic N) is 1. The number of para-hydroxylation sites is 1. The van der Waals surface area contributed by atoms with Gasteiger partial charge in [0.05, 0.1) is 17.1 Å². The van der Waals surface area contributed by atoms with Crippen molar-refractivity contribution in [1.29, 1.82) is 0 Å². The molecule has 0 amide bonds. The molecular weight excluding hydrogens is 204 g/mol. The standard InChI is InChI=1S/C9H9ClN2O2/c10-5-8(11)12-7-4-2-1-3-6(7)9(13)14/h1-4H,5H2,(H2,11,12)(H,13,14). The van der Waals surface area contributed by atoms with Gasteiger partial charge >= 0.3 is 5.97 Å². The normalized spacial score (nSPS) is 11.4. The summed E-state index contributed by atoms with van der Waals surface area (Å²) < 4.78 is 0. The van der Waals surface area contributed by atoms with Gasteiger partial charge in [0.1, 0.15) is 5.84 Å². The number of carbonyl (C=O) groups is 1. The summed E-state index contributed by atoms with van der Waals surface area (Å²) in [4.78, 5) is 14.6. The third-order valence-electron chi connectivity index (χ3n) is 1.54. The summed E-state index contributed by atoms with van der Waals surface area (Å²) in [5, 5.41) is 8.81. The van der Waals surface area contributed by atoms with Crippen LogP contribution in [0.4, 0.5) is 5.69 Å². The van der Waals surface area contributed by atoms with Crippen LogP contribution in [-0.4, -0.2) is 22.8 Å². The third kappa shape index (κ3) is 2.47. The molecule has 0 radical (unpaired) electrons. The summed E-state index contributed by atoms with van der Waals surface area (Å²) in [7, 11) is 0. The Morgan fingerprint density at radius 2 is 2.14 bits per heavy atom. The topological polar surface area (TPSA) is 75.7 Å². The number of rotatable bonds is 3. The van der Waals surface area contributed by atoms with Gasteiger partial charge in [-0.1, -0.05) is 12.1 Å². The zero-order valence-electron chi connectivity index (χ0n) is 7.27. The van der Waals surface area contributed by atoms with E-state index in [9.17, 15) is 4.79 Å². The summed E-state index contributed by atoms with van der Waals surface area (Å²) in [6.45, 7) is 0. The van der Waals surface area contributed by atoms with Crippen LogP contribution in [-0.2, 0) is 0 Å². The molecule has 0 fully saturated rings. The lowest BCUT2D eigenvalue weighted by atomic mass is 10.2. The maximum absolute atomic E-state index is 10.7. The van der Waals surface area contributed by atoms with Gasteiger partial charge in [-0.3, -0.25) is 0 Å². The Kier molecular flexibility index (Phi) is 3.48. The van der Waals surface area contributed by atoms with Crippen molar-refractivity contribution in [1.82, 2.24) is 0 Å². The first kappa shape index (κ1) is 10.5. The van der Waals surface area contributed by atoms with Crippen molar-refractivity contribution >= 4 is 29.1 Å². The van der Waals surface area contributed by atoms with E-state index in [1.165, 1.54) is 6.07 Å². The van der Waals surface area contributed by atoms with E-state index in [-0.39, 0.29) is 17.3 Å². The molecule has 1 aromatic carbocycles. The molecule has 3 N–H and O–H groups in total. The highest BCUT2D eigenvalue weighted by Gasteiger charge is 2.07. The minimum Gasteiger partial charge on any atom is -0.478 e. The van der Waals surface area contributed by atoms with Crippen molar-refractivity contribution in [2.75, 3.05) is 5.88 Å². The van der Waals surface area contributed by atoms with Crippen molar-refractivity contribution in [3.63, 3.8) is 0 Å². The highest BCUT2D eigenvalue weighted by molar-refractivity contribution is 6.28. The quantitative estimate of drug-likeness (QED) is 0.454. The van der Waals surface area contributed by atoms with Gasteiger partial charge in [0, 0.05) is 0 Å². The van der Waals surface area contributed by atoms with E-state index in [0.717, 1.165) is 0 Å². The first-order chi connectivity index (χ1) is 6.65. The Hall–Kier alpha value is -1.55. The predicted molar refractivity (Wildman–Crippen MR) is 55.4 cm³/mol. The third-order valence-corrected chi connectivity index (χ3v) is 1.81. The van der Waals surface area contributed by atoms with Crippen LogP contribution in [0.3, 0.4) is 0 Å². The van der Waals surface area contributed by atoms with E-state index in [4.69, 9.17) is 22.4 Å². The first-order valence-electron chi connectivity index (χ1n) is 3.86. The van der Waals surface area contributed by atoms with Gasteiger partial charge in [-0.05, 0) is 12.1 Å². The number of alkyl halides is 1. The number of hydrogen-bond donors (Lipinski definition) is 2. The highest BCUT2D eigenvalue weighted by atomic mass is 35.5. The fraction of sp³-hybridized carbons (Fsp3) is 0.111. The number of halogens is 1. The van der Waals surface area contributed by atoms with E-state index in [1.807, 2.05) is 0 Å². The highest BCUT2D eigenvalue weighted by Crippen LogP contribution is 2.18. The van der Waals surface area contributed by atoms with Crippen LogP contribution in [0.15, 0.2) is 29.3 Å². The minimum atomic E-state index is -1.04. The van der Waals surface area contributed by atoms with Gasteiger partial charge in [0.25, 0.3) is 0 Å². The van der Waals surface area contributed by atoms with Gasteiger partial charge in [0.15, 0.2) is 0 Å². The van der Waals surface area contributed by atoms with Crippen LogP contribution in [0.2, 0.25) is 0 Å². The summed E-state index contributed by atoms with van der Waals surface area (Å²) in [5.74, 6) is -0.763. The lowest BCUT2D eigenvalue weighted by Crippen LogP contribution is -2.12. The van der Waals surface area contributed by atoms with Crippen molar-refractivity contribution < 1.29 is 9.90 Å². The Morgan fingerprint density at radius 3 is 2.71 bits per heavy atom. The number of carboxylic acids is 1. The zero-order chi connectivity index (χ0) is 10.6. The van der Waals surface area contributed by atoms with Crippen molar-refractivity contribution in [3.05, 3.63) is 29.8 Å². The van der Waals surface area contributed by atoms with Crippen LogP contribution in [0.25, 0.3) is 0 Å². The lowest BCUT2D eigenvalue weighted by molar-refractivity contribution is 0.0698. The molecule has 4 nitrogen and oxygen atoms in total. The largest absolute Gasteiger partial charge is 0.478 e. The van der Waals surface area contributed by atoms with Crippen molar-refractivity contribution in [2.45, 2.75) is 0 Å². The molecule has 1 rings (SSSR count). The van der Waals surface area contributed by atoms with Crippen molar-refractivity contribution in [2.24, 2.45) is 10.7 Å². The van der Waals surface area contributed by atoms with Crippen LogP contribution in [0, 0.1) is 0 Å². The first-order valence-corrected chi connectivity index (χ1v) is 4.40. The van der Waals surface area contributed by atoms with Crippen LogP contribution < -0.4 is 5.73 Å². The molecule has 0 unspecified atom stereocenters. The average Bonchev–Trinajstić information content (AvgIpc) is 2.18. The van der Waals surface area contributed by atoms with Crippen LogP contribution >= 0.6 is 11.6 Å². The Bertz CT molecular complexity index is 377. The second-order valence-electron chi connectivity index (χ2n) is 2.56.